The number of thioether (sulfide) groups is 1. The molecular formula is C9H16F2N2O2S. The van der Waals surface area contributed by atoms with Gasteiger partial charge in [0, 0.05) is 18.2 Å². The average Bonchev–Trinajstić information content (AvgIpc) is 2.16. The van der Waals surface area contributed by atoms with Gasteiger partial charge in [-0.15, -0.1) is 0 Å². The lowest BCUT2D eigenvalue weighted by molar-refractivity contribution is 0.144. The molecule has 0 aromatic heterocycles. The van der Waals surface area contributed by atoms with Crippen molar-refractivity contribution >= 4 is 23.6 Å². The van der Waals surface area contributed by atoms with Crippen LogP contribution in [0.2, 0.25) is 0 Å². The Hall–Kier alpha value is -0.850. The minimum Gasteiger partial charge on any atom is -0.323 e. The van der Waals surface area contributed by atoms with Gasteiger partial charge >= 0.3 is 6.09 Å². The van der Waals surface area contributed by atoms with E-state index in [0.717, 1.165) is 0 Å². The largest absolute Gasteiger partial charge is 0.433 e. The summed E-state index contributed by atoms with van der Waals surface area (Å²) >= 11 is 1.42. The maximum Gasteiger partial charge on any atom is 0.433 e. The molecule has 0 bridgehead atoms. The number of carbonyl (C=O) groups excluding carboxylic acids is 1. The summed E-state index contributed by atoms with van der Waals surface area (Å²) in [6.07, 6.45) is -1.80. The predicted molar refractivity (Wildman–Crippen MR) is 61.1 cm³/mol. The molecule has 0 saturated carbocycles. The first kappa shape index (κ1) is 15.2. The number of halogens is 2. The van der Waals surface area contributed by atoms with Crippen molar-refractivity contribution in [3.05, 3.63) is 0 Å². The van der Waals surface area contributed by atoms with Crippen LogP contribution in [0.25, 0.3) is 0 Å². The molecule has 0 aromatic rings. The van der Waals surface area contributed by atoms with Gasteiger partial charge in [0.25, 0.3) is 6.43 Å². The molecule has 0 saturated heterocycles. The first-order chi connectivity index (χ1) is 7.35. The highest BCUT2D eigenvalue weighted by molar-refractivity contribution is 7.98. The van der Waals surface area contributed by atoms with Gasteiger partial charge in [0.15, 0.2) is 0 Å². The number of hydrogen-bond donors (Lipinski definition) is 1. The molecule has 4 nitrogen and oxygen atoms in total. The van der Waals surface area contributed by atoms with E-state index in [1.54, 1.807) is 13.8 Å². The molecule has 0 aliphatic carbocycles. The fraction of sp³-hybridized carbons (Fsp3) is 0.778. The van der Waals surface area contributed by atoms with Crippen LogP contribution in [0.4, 0.5) is 13.6 Å². The van der Waals surface area contributed by atoms with E-state index < -0.39 is 23.6 Å². The van der Waals surface area contributed by atoms with E-state index in [0.29, 0.717) is 5.75 Å². The second-order valence-corrected chi connectivity index (χ2v) is 4.59. The normalized spacial score (nSPS) is 12.8. The highest BCUT2D eigenvalue weighted by Crippen LogP contribution is 2.26. The summed E-state index contributed by atoms with van der Waals surface area (Å²) in [5, 5.41) is 5.35. The minimum absolute atomic E-state index is 0.426. The zero-order chi connectivity index (χ0) is 12.8. The lowest BCUT2D eigenvalue weighted by Crippen LogP contribution is -2.33. The molecule has 94 valence electrons. The van der Waals surface area contributed by atoms with Crippen LogP contribution in [0, 0.1) is 5.41 Å². The Morgan fingerprint density at radius 2 is 2.12 bits per heavy atom. The highest BCUT2D eigenvalue weighted by Gasteiger charge is 2.32. The molecule has 0 unspecified atom stereocenters. The summed E-state index contributed by atoms with van der Waals surface area (Å²) in [5.41, 5.74) is -1.24. The van der Waals surface area contributed by atoms with Crippen molar-refractivity contribution in [2.75, 3.05) is 19.1 Å². The minimum atomic E-state index is -2.74. The highest BCUT2D eigenvalue weighted by atomic mass is 32.2. The van der Waals surface area contributed by atoms with Crippen molar-refractivity contribution in [1.82, 2.24) is 5.32 Å². The smallest absolute Gasteiger partial charge is 0.323 e. The second kappa shape index (κ2) is 6.67. The Morgan fingerprint density at radius 3 is 2.50 bits per heavy atom. The fourth-order valence-corrected chi connectivity index (χ4v) is 1.90. The number of alkyl halides is 2. The van der Waals surface area contributed by atoms with Crippen LogP contribution in [0.15, 0.2) is 5.16 Å². The summed E-state index contributed by atoms with van der Waals surface area (Å²) in [6.45, 7) is 3.25. The van der Waals surface area contributed by atoms with E-state index in [4.69, 9.17) is 0 Å². The van der Waals surface area contributed by atoms with Gasteiger partial charge in [0.05, 0.1) is 0 Å². The van der Waals surface area contributed by atoms with Crippen LogP contribution in [-0.4, -0.2) is 37.3 Å². The summed E-state index contributed by atoms with van der Waals surface area (Å²) in [4.78, 5) is 15.0. The average molecular weight is 254 g/mol. The van der Waals surface area contributed by atoms with Crippen molar-refractivity contribution < 1.29 is 18.4 Å². The van der Waals surface area contributed by atoms with Gasteiger partial charge < -0.3 is 5.32 Å². The molecule has 1 amide bonds. The van der Waals surface area contributed by atoms with E-state index in [9.17, 15) is 13.6 Å². The molecule has 0 aliphatic rings. The molecule has 0 radical (unpaired) electrons. The topological polar surface area (TPSA) is 50.7 Å². The second-order valence-electron chi connectivity index (χ2n) is 3.72. The van der Waals surface area contributed by atoms with Crippen LogP contribution < -0.4 is 5.32 Å². The number of nitrogens with one attached hydrogen (secondary N) is 1. The number of hydrogen-bond acceptors (Lipinski definition) is 4. The van der Waals surface area contributed by atoms with Crippen LogP contribution in [0.1, 0.15) is 13.8 Å². The lowest BCUT2D eigenvalue weighted by Gasteiger charge is -2.24. The number of carbonyl (C=O) groups is 1. The summed E-state index contributed by atoms with van der Waals surface area (Å²) in [7, 11) is 1.33. The van der Waals surface area contributed by atoms with Crippen molar-refractivity contribution in [2.45, 2.75) is 20.3 Å². The molecule has 7 heteroatoms. The van der Waals surface area contributed by atoms with E-state index in [2.05, 4.69) is 15.3 Å². The third-order valence-electron chi connectivity index (χ3n) is 1.84. The Morgan fingerprint density at radius 1 is 1.56 bits per heavy atom. The van der Waals surface area contributed by atoms with Gasteiger partial charge in [-0.3, -0.25) is 4.84 Å². The first-order valence-corrected chi connectivity index (χ1v) is 5.98. The predicted octanol–water partition coefficient (Wildman–Crippen LogP) is 2.35. The van der Waals surface area contributed by atoms with Gasteiger partial charge in [-0.2, -0.15) is 11.8 Å². The van der Waals surface area contributed by atoms with Crippen molar-refractivity contribution in [3.8, 4) is 0 Å². The van der Waals surface area contributed by atoms with Crippen molar-refractivity contribution in [1.29, 1.82) is 0 Å². The standard InChI is InChI=1S/C9H16F2N2O2S/c1-9(2,5-16-4)6(7(10)11)13-15-8(14)12-3/h7H,5H2,1-4H3,(H,12,14). The molecule has 0 fully saturated rings. The Bertz CT molecular complexity index is 270. The summed E-state index contributed by atoms with van der Waals surface area (Å²) < 4.78 is 25.4. The number of nitrogens with zero attached hydrogens (tertiary/aromatic N) is 1. The van der Waals surface area contributed by atoms with Gasteiger partial charge in [-0.05, 0) is 6.26 Å². The van der Waals surface area contributed by atoms with E-state index >= 15 is 0 Å². The van der Waals surface area contributed by atoms with E-state index in [-0.39, 0.29) is 0 Å². The summed E-state index contributed by atoms with van der Waals surface area (Å²) in [6, 6.07) is 0. The lowest BCUT2D eigenvalue weighted by atomic mass is 9.90. The zero-order valence-electron chi connectivity index (χ0n) is 9.71. The van der Waals surface area contributed by atoms with Gasteiger partial charge in [-0.25, -0.2) is 13.6 Å². The Balaban J connectivity index is 4.79. The van der Waals surface area contributed by atoms with Crippen LogP contribution in [0.3, 0.4) is 0 Å². The molecule has 0 aliphatic heterocycles. The molecule has 16 heavy (non-hydrogen) atoms. The molecular weight excluding hydrogens is 238 g/mol. The third kappa shape index (κ3) is 4.78. The van der Waals surface area contributed by atoms with Gasteiger partial charge in [-0.1, -0.05) is 19.0 Å². The summed E-state index contributed by atoms with van der Waals surface area (Å²) in [5.74, 6) is 0.466. The van der Waals surface area contributed by atoms with Gasteiger partial charge in [0.2, 0.25) is 0 Å². The molecule has 0 heterocycles. The van der Waals surface area contributed by atoms with Crippen molar-refractivity contribution in [2.24, 2.45) is 10.6 Å². The van der Waals surface area contributed by atoms with Crippen molar-refractivity contribution in [3.63, 3.8) is 0 Å². The molecule has 0 aromatic carbocycles. The van der Waals surface area contributed by atoms with Crippen LogP contribution in [0.5, 0.6) is 0 Å². The van der Waals surface area contributed by atoms with Gasteiger partial charge in [0.1, 0.15) is 5.71 Å². The maximum absolute atomic E-state index is 12.7. The SMILES string of the molecule is CNC(=O)ON=C(C(F)F)C(C)(C)CSC. The van der Waals surface area contributed by atoms with E-state index in [1.807, 2.05) is 6.26 Å². The number of oxime groups is 1. The Kier molecular flexibility index (Phi) is 6.32. The molecule has 0 atom stereocenters. The number of amides is 1. The maximum atomic E-state index is 12.7. The quantitative estimate of drug-likeness (QED) is 0.465. The third-order valence-corrected chi connectivity index (χ3v) is 2.85. The van der Waals surface area contributed by atoms with Crippen LogP contribution >= 0.6 is 11.8 Å². The monoisotopic (exact) mass is 254 g/mol. The zero-order valence-corrected chi connectivity index (χ0v) is 10.5. The molecule has 1 N–H and O–H groups in total. The molecule has 0 rings (SSSR count). The molecule has 0 spiro atoms. The van der Waals surface area contributed by atoms with Crippen LogP contribution in [-0.2, 0) is 4.84 Å². The first-order valence-electron chi connectivity index (χ1n) is 4.59. The number of rotatable bonds is 5. The van der Waals surface area contributed by atoms with E-state index in [1.165, 1.54) is 18.8 Å². The fourth-order valence-electron chi connectivity index (χ4n) is 1.03. The Labute approximate surface area is 97.8 Å².